The van der Waals surface area contributed by atoms with E-state index < -0.39 is 4.92 Å². The van der Waals surface area contributed by atoms with Crippen LogP contribution < -0.4 is 15.4 Å². The maximum absolute atomic E-state index is 11.5. The number of nitro groups is 1. The number of benzene rings is 1. The molecule has 0 unspecified atom stereocenters. The maximum atomic E-state index is 11.5. The smallest absolute Gasteiger partial charge is 0.296 e. The number of pyridine rings is 1. The molecule has 0 atom stereocenters. The molecule has 10 heteroatoms. The van der Waals surface area contributed by atoms with Crippen LogP contribution in [0.4, 0.5) is 23.1 Å². The van der Waals surface area contributed by atoms with E-state index in [1.165, 1.54) is 13.2 Å². The molecule has 2 N–H and O–H groups in total. The molecule has 2 heterocycles. The third-order valence-corrected chi connectivity index (χ3v) is 4.38. The first-order valence-corrected chi connectivity index (χ1v) is 9.75. The van der Waals surface area contributed by atoms with Gasteiger partial charge in [-0.15, -0.1) is 0 Å². The molecule has 0 aliphatic carbocycles. The van der Waals surface area contributed by atoms with Gasteiger partial charge in [0.15, 0.2) is 0 Å². The molecule has 0 bridgehead atoms. The molecule has 31 heavy (non-hydrogen) atoms. The summed E-state index contributed by atoms with van der Waals surface area (Å²) in [4.78, 5) is 26.5. The van der Waals surface area contributed by atoms with Crippen molar-refractivity contribution in [1.29, 1.82) is 0 Å². The predicted octanol–water partition coefficient (Wildman–Crippen LogP) is 3.56. The molecule has 0 spiro atoms. The summed E-state index contributed by atoms with van der Waals surface area (Å²) < 4.78 is 5.10. The molecule has 0 saturated heterocycles. The summed E-state index contributed by atoms with van der Waals surface area (Å²) in [5.41, 5.74) is 1.46. The van der Waals surface area contributed by atoms with Gasteiger partial charge in [0.25, 0.3) is 5.69 Å². The van der Waals surface area contributed by atoms with Gasteiger partial charge in [-0.3, -0.25) is 15.1 Å². The van der Waals surface area contributed by atoms with Crippen molar-refractivity contribution in [2.45, 2.75) is 6.42 Å². The summed E-state index contributed by atoms with van der Waals surface area (Å²) in [5, 5.41) is 17.8. The van der Waals surface area contributed by atoms with Gasteiger partial charge in [-0.25, -0.2) is 4.98 Å². The van der Waals surface area contributed by atoms with E-state index in [9.17, 15) is 10.1 Å². The van der Waals surface area contributed by atoms with Gasteiger partial charge in [-0.1, -0.05) is 6.07 Å². The summed E-state index contributed by atoms with van der Waals surface area (Å²) in [7, 11) is 5.49. The van der Waals surface area contributed by atoms with Gasteiger partial charge in [-0.2, -0.15) is 4.98 Å². The Balaban J connectivity index is 1.92. The van der Waals surface area contributed by atoms with Crippen molar-refractivity contribution in [2.75, 3.05) is 44.9 Å². The zero-order valence-electron chi connectivity index (χ0n) is 17.7. The Morgan fingerprint density at radius 2 is 1.97 bits per heavy atom. The van der Waals surface area contributed by atoms with Crippen molar-refractivity contribution in [3.8, 4) is 17.1 Å². The second kappa shape index (κ2) is 10.3. The van der Waals surface area contributed by atoms with Gasteiger partial charge in [0, 0.05) is 18.8 Å². The van der Waals surface area contributed by atoms with Crippen LogP contribution >= 0.6 is 0 Å². The first-order chi connectivity index (χ1) is 15.0. The molecule has 2 aromatic heterocycles. The van der Waals surface area contributed by atoms with E-state index in [1.54, 1.807) is 24.4 Å². The Kier molecular flexibility index (Phi) is 7.28. The van der Waals surface area contributed by atoms with Gasteiger partial charge in [0.2, 0.25) is 5.95 Å². The van der Waals surface area contributed by atoms with Gasteiger partial charge in [0.1, 0.15) is 17.3 Å². The second-order valence-electron chi connectivity index (χ2n) is 7.03. The van der Waals surface area contributed by atoms with Crippen molar-refractivity contribution in [3.63, 3.8) is 0 Å². The minimum absolute atomic E-state index is 0.113. The Morgan fingerprint density at radius 3 is 2.65 bits per heavy atom. The van der Waals surface area contributed by atoms with Gasteiger partial charge in [0.05, 0.1) is 29.5 Å². The molecule has 0 saturated carbocycles. The van der Waals surface area contributed by atoms with Crippen molar-refractivity contribution in [1.82, 2.24) is 19.9 Å². The van der Waals surface area contributed by atoms with Crippen LogP contribution in [0.5, 0.6) is 5.75 Å². The Bertz CT molecular complexity index is 1030. The van der Waals surface area contributed by atoms with Crippen LogP contribution in [0, 0.1) is 10.1 Å². The van der Waals surface area contributed by atoms with E-state index in [-0.39, 0.29) is 5.69 Å². The molecular formula is C21H25N7O3. The Morgan fingerprint density at radius 1 is 1.13 bits per heavy atom. The SMILES string of the molecule is COc1ccc(Nc2cc(-c3ccccn3)nc(NCCCN(C)C)n2)c([N+](=O)[O-])c1. The number of anilines is 3. The quantitative estimate of drug-likeness (QED) is 0.286. The van der Waals surface area contributed by atoms with Crippen LogP contribution in [0.25, 0.3) is 11.4 Å². The zero-order valence-corrected chi connectivity index (χ0v) is 17.7. The zero-order chi connectivity index (χ0) is 22.2. The van der Waals surface area contributed by atoms with E-state index in [0.717, 1.165) is 13.0 Å². The van der Waals surface area contributed by atoms with Crippen LogP contribution in [-0.2, 0) is 0 Å². The molecule has 0 radical (unpaired) electrons. The van der Waals surface area contributed by atoms with E-state index in [2.05, 4.69) is 30.5 Å². The number of methoxy groups -OCH3 is 1. The molecule has 0 amide bonds. The fourth-order valence-corrected chi connectivity index (χ4v) is 2.86. The number of hydrogen-bond acceptors (Lipinski definition) is 9. The average molecular weight is 423 g/mol. The van der Waals surface area contributed by atoms with Crippen LogP contribution in [0.2, 0.25) is 0 Å². The molecule has 3 aromatic rings. The van der Waals surface area contributed by atoms with Crippen LogP contribution in [-0.4, -0.2) is 59.1 Å². The van der Waals surface area contributed by atoms with Gasteiger partial charge in [-0.05, 0) is 51.3 Å². The minimum atomic E-state index is -0.466. The van der Waals surface area contributed by atoms with Crippen molar-refractivity contribution < 1.29 is 9.66 Å². The third-order valence-electron chi connectivity index (χ3n) is 4.38. The van der Waals surface area contributed by atoms with E-state index in [1.807, 2.05) is 32.3 Å². The highest BCUT2D eigenvalue weighted by molar-refractivity contribution is 5.72. The topological polar surface area (TPSA) is 118 Å². The lowest BCUT2D eigenvalue weighted by molar-refractivity contribution is -0.384. The van der Waals surface area contributed by atoms with Crippen LogP contribution in [0.15, 0.2) is 48.7 Å². The molecule has 0 aliphatic heterocycles. The number of aromatic nitrogens is 3. The number of rotatable bonds is 10. The Labute approximate surface area is 180 Å². The highest BCUT2D eigenvalue weighted by Gasteiger charge is 2.17. The normalized spacial score (nSPS) is 10.7. The molecule has 162 valence electrons. The monoisotopic (exact) mass is 423 g/mol. The molecule has 10 nitrogen and oxygen atoms in total. The highest BCUT2D eigenvalue weighted by Crippen LogP contribution is 2.32. The molecule has 0 fully saturated rings. The summed E-state index contributed by atoms with van der Waals surface area (Å²) in [6.45, 7) is 1.61. The number of nitrogens with zero attached hydrogens (tertiary/aromatic N) is 5. The lowest BCUT2D eigenvalue weighted by Crippen LogP contribution is -2.17. The van der Waals surface area contributed by atoms with E-state index in [4.69, 9.17) is 4.74 Å². The molecule has 3 rings (SSSR count). The molecule has 0 aliphatic rings. The summed E-state index contributed by atoms with van der Waals surface area (Å²) in [6.07, 6.45) is 2.60. The standard InChI is InChI=1S/C21H25N7O3/c1-27(2)12-6-11-23-21-25-18(16-7-4-5-10-22-16)14-20(26-21)24-17-9-8-15(31-3)13-19(17)28(29)30/h4-5,7-10,13-14H,6,11-12H2,1-3H3,(H2,23,24,25,26). The fourth-order valence-electron chi connectivity index (χ4n) is 2.86. The summed E-state index contributed by atoms with van der Waals surface area (Å²) in [5.74, 6) is 1.23. The van der Waals surface area contributed by atoms with Gasteiger partial charge < -0.3 is 20.3 Å². The fraction of sp³-hybridized carbons (Fsp3) is 0.286. The van der Waals surface area contributed by atoms with E-state index >= 15 is 0 Å². The largest absolute Gasteiger partial charge is 0.496 e. The number of hydrogen-bond donors (Lipinski definition) is 2. The molecule has 1 aromatic carbocycles. The molecular weight excluding hydrogens is 398 g/mol. The van der Waals surface area contributed by atoms with Crippen molar-refractivity contribution >= 4 is 23.1 Å². The first-order valence-electron chi connectivity index (χ1n) is 9.75. The number of nitrogens with one attached hydrogen (secondary N) is 2. The number of ether oxygens (including phenoxy) is 1. The van der Waals surface area contributed by atoms with Crippen molar-refractivity contribution in [2.24, 2.45) is 0 Å². The Hall–Kier alpha value is -3.79. The predicted molar refractivity (Wildman–Crippen MR) is 120 cm³/mol. The lowest BCUT2D eigenvalue weighted by atomic mass is 10.2. The maximum Gasteiger partial charge on any atom is 0.296 e. The first kappa shape index (κ1) is 21.9. The summed E-state index contributed by atoms with van der Waals surface area (Å²) >= 11 is 0. The third kappa shape index (κ3) is 6.09. The lowest BCUT2D eigenvalue weighted by Gasteiger charge is -2.13. The average Bonchev–Trinajstić information content (AvgIpc) is 2.77. The number of nitro benzene ring substituents is 1. The van der Waals surface area contributed by atoms with Crippen molar-refractivity contribution in [3.05, 3.63) is 58.8 Å². The summed E-state index contributed by atoms with van der Waals surface area (Å²) in [6, 6.07) is 11.9. The van der Waals surface area contributed by atoms with Crippen LogP contribution in [0.1, 0.15) is 6.42 Å². The van der Waals surface area contributed by atoms with Gasteiger partial charge >= 0.3 is 0 Å². The van der Waals surface area contributed by atoms with Crippen LogP contribution in [0.3, 0.4) is 0 Å². The highest BCUT2D eigenvalue weighted by atomic mass is 16.6. The van der Waals surface area contributed by atoms with E-state index in [0.29, 0.717) is 41.1 Å². The minimum Gasteiger partial charge on any atom is -0.496 e. The second-order valence-corrected chi connectivity index (χ2v) is 7.03.